The van der Waals surface area contributed by atoms with Gasteiger partial charge in [0.25, 0.3) is 5.91 Å². The molecule has 1 amide bonds. The summed E-state index contributed by atoms with van der Waals surface area (Å²) < 4.78 is 29.4. The zero-order chi connectivity index (χ0) is 20.0. The molecule has 1 heterocycles. The van der Waals surface area contributed by atoms with Crippen LogP contribution in [0.5, 0.6) is 5.75 Å². The number of carbonyl (C=O) groups is 2. The Bertz CT molecular complexity index is 814. The van der Waals surface area contributed by atoms with E-state index in [2.05, 4.69) is 5.16 Å². The quantitative estimate of drug-likeness (QED) is 0.268. The maximum absolute atomic E-state index is 12.1. The van der Waals surface area contributed by atoms with Crippen molar-refractivity contribution < 1.29 is 27.6 Å². The number of amides is 1. The predicted octanol–water partition coefficient (Wildman–Crippen LogP) is -0.614. The van der Waals surface area contributed by atoms with E-state index in [-0.39, 0.29) is 25.5 Å². The Hall–Kier alpha value is -2.66. The molecule has 1 aromatic rings. The highest BCUT2D eigenvalue weighted by atomic mass is 32.2. The molecule has 0 radical (unpaired) electrons. The fourth-order valence-corrected chi connectivity index (χ4v) is 3.40. The zero-order valence-electron chi connectivity index (χ0n) is 14.8. The lowest BCUT2D eigenvalue weighted by Gasteiger charge is -2.28. The molecule has 0 saturated carbocycles. The van der Waals surface area contributed by atoms with E-state index >= 15 is 0 Å². The number of primary amides is 1. The van der Waals surface area contributed by atoms with Crippen LogP contribution in [0.2, 0.25) is 0 Å². The van der Waals surface area contributed by atoms with E-state index in [0.29, 0.717) is 24.2 Å². The molecule has 4 N–H and O–H groups in total. The topological polar surface area (TPSA) is 154 Å². The molecule has 10 nitrogen and oxygen atoms in total. The van der Waals surface area contributed by atoms with Gasteiger partial charge in [-0.15, -0.1) is 0 Å². The van der Waals surface area contributed by atoms with Gasteiger partial charge in [0, 0.05) is 18.7 Å². The van der Waals surface area contributed by atoms with Crippen LogP contribution in [-0.2, 0) is 24.4 Å². The number of ether oxygens (including phenoxy) is 1. The number of rotatable bonds is 7. The van der Waals surface area contributed by atoms with Gasteiger partial charge in [0.2, 0.25) is 10.0 Å². The maximum atomic E-state index is 12.1. The van der Waals surface area contributed by atoms with Gasteiger partial charge in [0.15, 0.2) is 12.4 Å². The third-order valence-electron chi connectivity index (χ3n) is 4.02. The van der Waals surface area contributed by atoms with E-state index in [1.165, 1.54) is 4.31 Å². The molecular formula is C16H22N4O6S. The molecule has 0 bridgehead atoms. The lowest BCUT2D eigenvalue weighted by atomic mass is 9.99. The van der Waals surface area contributed by atoms with Crippen molar-refractivity contribution in [1.29, 1.82) is 0 Å². The van der Waals surface area contributed by atoms with Crippen molar-refractivity contribution in [1.82, 2.24) is 4.31 Å². The molecule has 0 spiro atoms. The molecule has 1 aromatic carbocycles. The largest absolute Gasteiger partial charge is 0.484 e. The highest BCUT2D eigenvalue weighted by molar-refractivity contribution is 7.88. The summed E-state index contributed by atoms with van der Waals surface area (Å²) in [5.41, 5.74) is 11.3. The Labute approximate surface area is 157 Å². The minimum absolute atomic E-state index is 0.00151. The van der Waals surface area contributed by atoms with Crippen molar-refractivity contribution in [2.24, 2.45) is 22.5 Å². The number of oxime groups is 1. The smallest absolute Gasteiger partial charge is 0.338 e. The number of hydrogen-bond acceptors (Lipinski definition) is 7. The Kier molecular flexibility index (Phi) is 6.75. The Morgan fingerprint density at radius 3 is 2.30 bits per heavy atom. The van der Waals surface area contributed by atoms with Crippen LogP contribution < -0.4 is 16.2 Å². The molecule has 0 aromatic heterocycles. The van der Waals surface area contributed by atoms with Crippen molar-refractivity contribution in [3.63, 3.8) is 0 Å². The molecule has 1 saturated heterocycles. The van der Waals surface area contributed by atoms with Gasteiger partial charge in [-0.25, -0.2) is 17.5 Å². The first-order chi connectivity index (χ1) is 12.7. The second kappa shape index (κ2) is 8.82. The summed E-state index contributed by atoms with van der Waals surface area (Å²) in [4.78, 5) is 27.6. The van der Waals surface area contributed by atoms with E-state index in [9.17, 15) is 18.0 Å². The molecule has 148 valence electrons. The minimum Gasteiger partial charge on any atom is -0.484 e. The number of nitrogens with zero attached hydrogens (tertiary/aromatic N) is 2. The van der Waals surface area contributed by atoms with Crippen molar-refractivity contribution in [3.8, 4) is 5.75 Å². The second-order valence-corrected chi connectivity index (χ2v) is 8.08. The summed E-state index contributed by atoms with van der Waals surface area (Å²) in [7, 11) is -3.25. The van der Waals surface area contributed by atoms with Gasteiger partial charge in [0.05, 0.1) is 12.2 Å². The third-order valence-corrected chi connectivity index (χ3v) is 5.32. The average molecular weight is 398 g/mol. The summed E-state index contributed by atoms with van der Waals surface area (Å²) >= 11 is 0. The molecule has 0 atom stereocenters. The Balaban J connectivity index is 1.87. The number of carbonyl (C=O) groups excluding carboxylic acids is 2. The molecular weight excluding hydrogens is 376 g/mol. The highest BCUT2D eigenvalue weighted by Crippen LogP contribution is 2.20. The maximum Gasteiger partial charge on any atom is 0.338 e. The summed E-state index contributed by atoms with van der Waals surface area (Å²) in [5, 5.41) is 3.64. The third kappa shape index (κ3) is 6.22. The number of hydrogen-bond donors (Lipinski definition) is 2. The van der Waals surface area contributed by atoms with Gasteiger partial charge < -0.3 is 21.0 Å². The number of sulfonamides is 1. The Morgan fingerprint density at radius 2 is 1.78 bits per heavy atom. The van der Waals surface area contributed by atoms with Gasteiger partial charge >= 0.3 is 5.97 Å². The highest BCUT2D eigenvalue weighted by Gasteiger charge is 2.30. The van der Waals surface area contributed by atoms with Crippen LogP contribution in [0.1, 0.15) is 18.4 Å². The van der Waals surface area contributed by atoms with Crippen LogP contribution in [0.15, 0.2) is 29.4 Å². The minimum atomic E-state index is -3.25. The van der Waals surface area contributed by atoms with E-state index in [4.69, 9.17) is 21.0 Å². The van der Waals surface area contributed by atoms with E-state index in [1.807, 2.05) is 0 Å². The fourth-order valence-electron chi connectivity index (χ4n) is 2.52. The van der Waals surface area contributed by atoms with Crippen molar-refractivity contribution >= 4 is 27.7 Å². The van der Waals surface area contributed by atoms with Crippen LogP contribution >= 0.6 is 0 Å². The fraction of sp³-hybridized carbons (Fsp3) is 0.438. The Morgan fingerprint density at radius 1 is 1.19 bits per heavy atom. The summed E-state index contributed by atoms with van der Waals surface area (Å²) in [6.45, 7) is 0.299. The van der Waals surface area contributed by atoms with Gasteiger partial charge in [0.1, 0.15) is 5.75 Å². The number of piperidine rings is 1. The van der Waals surface area contributed by atoms with Crippen LogP contribution in [0, 0.1) is 5.92 Å². The van der Waals surface area contributed by atoms with E-state index < -0.39 is 27.8 Å². The number of amidine groups is 1. The van der Waals surface area contributed by atoms with Gasteiger partial charge in [-0.1, -0.05) is 5.16 Å². The first kappa shape index (κ1) is 20.6. The summed E-state index contributed by atoms with van der Waals surface area (Å²) in [5.74, 6) is -1.13. The second-order valence-electron chi connectivity index (χ2n) is 6.10. The van der Waals surface area contributed by atoms with Crippen molar-refractivity contribution in [2.75, 3.05) is 26.0 Å². The zero-order valence-corrected chi connectivity index (χ0v) is 15.6. The van der Waals surface area contributed by atoms with Crippen molar-refractivity contribution in [3.05, 3.63) is 29.8 Å². The monoisotopic (exact) mass is 398 g/mol. The van der Waals surface area contributed by atoms with Crippen LogP contribution in [-0.4, -0.2) is 56.4 Å². The van der Waals surface area contributed by atoms with E-state index in [0.717, 1.165) is 6.26 Å². The molecule has 0 unspecified atom stereocenters. The van der Waals surface area contributed by atoms with Gasteiger partial charge in [-0.2, -0.15) is 0 Å². The van der Waals surface area contributed by atoms with Crippen molar-refractivity contribution in [2.45, 2.75) is 12.8 Å². The van der Waals surface area contributed by atoms with E-state index in [1.54, 1.807) is 24.3 Å². The molecule has 1 fully saturated rings. The van der Waals surface area contributed by atoms with Crippen LogP contribution in [0.25, 0.3) is 0 Å². The molecule has 11 heteroatoms. The molecule has 27 heavy (non-hydrogen) atoms. The molecule has 0 aliphatic carbocycles. The predicted molar refractivity (Wildman–Crippen MR) is 97.1 cm³/mol. The van der Waals surface area contributed by atoms with Crippen LogP contribution in [0.4, 0.5) is 0 Å². The first-order valence-electron chi connectivity index (χ1n) is 8.18. The number of benzene rings is 1. The van der Waals surface area contributed by atoms with Gasteiger partial charge in [-0.3, -0.25) is 4.79 Å². The molecule has 1 aliphatic heterocycles. The summed E-state index contributed by atoms with van der Waals surface area (Å²) in [6, 6.07) is 6.33. The van der Waals surface area contributed by atoms with Crippen LogP contribution in [0.3, 0.4) is 0 Å². The number of nitrogens with two attached hydrogens (primary N) is 2. The average Bonchev–Trinajstić information content (AvgIpc) is 2.64. The first-order valence-corrected chi connectivity index (χ1v) is 10.0. The summed E-state index contributed by atoms with van der Waals surface area (Å²) in [6.07, 6.45) is 1.88. The molecule has 2 rings (SSSR count). The lowest BCUT2D eigenvalue weighted by Crippen LogP contribution is -2.39. The van der Waals surface area contributed by atoms with Gasteiger partial charge in [-0.05, 0) is 37.1 Å². The lowest BCUT2D eigenvalue weighted by molar-refractivity contribution is -0.149. The molecule has 1 aliphatic rings. The standard InChI is InChI=1S/C16H22N4O6S/c1-27(23,24)20-8-6-12(7-9-20)16(22)26-19-15(18)11-2-4-13(5-3-11)25-10-14(17)21/h2-5,12H,6-10H2,1H3,(H2,17,21)(H2,18,19). The SMILES string of the molecule is CS(=O)(=O)N1CCC(C(=O)O/N=C(\N)c2ccc(OCC(N)=O)cc2)CC1. The normalized spacial score (nSPS) is 16.7.